The third-order valence-corrected chi connectivity index (χ3v) is 3.70. The normalized spacial score (nSPS) is 26.8. The van der Waals surface area contributed by atoms with E-state index in [0.717, 1.165) is 11.6 Å². The van der Waals surface area contributed by atoms with Gasteiger partial charge in [0.1, 0.15) is 5.82 Å². The average molecular weight is 236 g/mol. The number of aromatic nitrogens is 1. The largest absolute Gasteiger partial charge is 0.306 e. The first-order chi connectivity index (χ1) is 8.15. The summed E-state index contributed by atoms with van der Waals surface area (Å²) in [5.74, 6) is 0.597. The van der Waals surface area contributed by atoms with Gasteiger partial charge in [-0.15, -0.1) is 0 Å². The summed E-state index contributed by atoms with van der Waals surface area (Å²) in [6, 6.07) is 4.03. The number of nitrogens with one attached hydrogen (secondary N) is 1. The van der Waals surface area contributed by atoms with Crippen molar-refractivity contribution in [2.75, 3.05) is 0 Å². The molecule has 17 heavy (non-hydrogen) atoms. The van der Waals surface area contributed by atoms with E-state index in [1.54, 1.807) is 6.07 Å². The molecule has 1 fully saturated rings. The molecule has 0 bridgehead atoms. The van der Waals surface area contributed by atoms with Gasteiger partial charge in [-0.05, 0) is 50.7 Å². The molecule has 1 aromatic rings. The van der Waals surface area contributed by atoms with Gasteiger partial charge in [-0.1, -0.05) is 6.92 Å². The van der Waals surface area contributed by atoms with Crippen LogP contribution in [0, 0.1) is 11.7 Å². The Hall–Kier alpha value is -0.960. The Morgan fingerprint density at radius 2 is 2.00 bits per heavy atom. The maximum absolute atomic E-state index is 12.8. The van der Waals surface area contributed by atoms with Gasteiger partial charge >= 0.3 is 0 Å². The first kappa shape index (κ1) is 12.5. The van der Waals surface area contributed by atoms with Crippen LogP contribution in [0.1, 0.15) is 51.3 Å². The molecule has 0 radical (unpaired) electrons. The lowest BCUT2D eigenvalue weighted by Crippen LogP contribution is -2.34. The summed E-state index contributed by atoms with van der Waals surface area (Å²) < 4.78 is 12.8. The Morgan fingerprint density at radius 1 is 1.29 bits per heavy atom. The lowest BCUT2D eigenvalue weighted by Gasteiger charge is -2.29. The number of hydrogen-bond donors (Lipinski definition) is 1. The summed E-state index contributed by atoms with van der Waals surface area (Å²) in [6.07, 6.45) is 6.39. The van der Waals surface area contributed by atoms with Crippen LogP contribution in [0.15, 0.2) is 18.3 Å². The predicted octanol–water partition coefficient (Wildman–Crippen LogP) is 3.45. The van der Waals surface area contributed by atoms with Crippen molar-refractivity contribution in [1.29, 1.82) is 0 Å². The highest BCUT2D eigenvalue weighted by Crippen LogP contribution is 2.25. The Labute approximate surface area is 103 Å². The summed E-state index contributed by atoms with van der Waals surface area (Å²) in [7, 11) is 0. The van der Waals surface area contributed by atoms with Crippen LogP contribution in [-0.2, 0) is 0 Å². The molecule has 0 aliphatic heterocycles. The molecular formula is C14H21FN2. The van der Waals surface area contributed by atoms with E-state index < -0.39 is 0 Å². The quantitative estimate of drug-likeness (QED) is 0.869. The van der Waals surface area contributed by atoms with Crippen LogP contribution >= 0.6 is 0 Å². The van der Waals surface area contributed by atoms with Crippen molar-refractivity contribution in [3.05, 3.63) is 29.8 Å². The Morgan fingerprint density at radius 3 is 2.59 bits per heavy atom. The van der Waals surface area contributed by atoms with Gasteiger partial charge in [-0.2, -0.15) is 0 Å². The van der Waals surface area contributed by atoms with Gasteiger partial charge in [0.25, 0.3) is 0 Å². The van der Waals surface area contributed by atoms with Gasteiger partial charge in [0.2, 0.25) is 0 Å². The van der Waals surface area contributed by atoms with Crippen molar-refractivity contribution in [2.45, 2.75) is 51.6 Å². The summed E-state index contributed by atoms with van der Waals surface area (Å²) >= 11 is 0. The summed E-state index contributed by atoms with van der Waals surface area (Å²) in [6.45, 7) is 4.42. The Balaban J connectivity index is 1.88. The first-order valence-corrected chi connectivity index (χ1v) is 6.52. The molecule has 0 amide bonds. The zero-order chi connectivity index (χ0) is 12.3. The number of hydrogen-bond acceptors (Lipinski definition) is 2. The molecule has 1 aliphatic carbocycles. The van der Waals surface area contributed by atoms with E-state index in [9.17, 15) is 4.39 Å². The summed E-state index contributed by atoms with van der Waals surface area (Å²) in [4.78, 5) is 4.12. The van der Waals surface area contributed by atoms with E-state index in [0.29, 0.717) is 6.04 Å². The number of nitrogens with zero attached hydrogens (tertiary/aromatic N) is 1. The number of pyridine rings is 1. The third-order valence-electron chi connectivity index (χ3n) is 3.70. The van der Waals surface area contributed by atoms with Gasteiger partial charge in [-0.3, -0.25) is 4.98 Å². The molecule has 94 valence electrons. The Kier molecular flexibility index (Phi) is 4.11. The second-order valence-electron chi connectivity index (χ2n) is 5.25. The fraction of sp³-hybridized carbons (Fsp3) is 0.643. The van der Waals surface area contributed by atoms with Crippen molar-refractivity contribution >= 4 is 0 Å². The minimum Gasteiger partial charge on any atom is -0.306 e. The fourth-order valence-electron chi connectivity index (χ4n) is 2.51. The van der Waals surface area contributed by atoms with Crippen LogP contribution in [-0.4, -0.2) is 11.0 Å². The maximum atomic E-state index is 12.8. The van der Waals surface area contributed by atoms with E-state index in [1.807, 2.05) is 0 Å². The zero-order valence-electron chi connectivity index (χ0n) is 10.6. The molecule has 1 aliphatic rings. The highest BCUT2D eigenvalue weighted by Gasteiger charge is 2.20. The summed E-state index contributed by atoms with van der Waals surface area (Å²) in [5, 5.41) is 3.59. The van der Waals surface area contributed by atoms with Gasteiger partial charge in [-0.25, -0.2) is 4.39 Å². The van der Waals surface area contributed by atoms with Gasteiger partial charge in [0.15, 0.2) is 0 Å². The van der Waals surface area contributed by atoms with Crippen LogP contribution in [0.5, 0.6) is 0 Å². The monoisotopic (exact) mass is 236 g/mol. The van der Waals surface area contributed by atoms with E-state index in [1.165, 1.54) is 37.9 Å². The molecule has 1 N–H and O–H groups in total. The fourth-order valence-corrected chi connectivity index (χ4v) is 2.51. The molecule has 0 aromatic carbocycles. The van der Waals surface area contributed by atoms with Crippen molar-refractivity contribution in [2.24, 2.45) is 5.92 Å². The Bertz CT molecular complexity index is 342. The van der Waals surface area contributed by atoms with Crippen molar-refractivity contribution in [3.8, 4) is 0 Å². The first-order valence-electron chi connectivity index (χ1n) is 6.52. The third kappa shape index (κ3) is 3.50. The molecule has 2 rings (SSSR count). The van der Waals surface area contributed by atoms with Crippen molar-refractivity contribution in [3.63, 3.8) is 0 Å². The van der Waals surface area contributed by atoms with Crippen LogP contribution in [0.3, 0.4) is 0 Å². The van der Waals surface area contributed by atoms with Crippen molar-refractivity contribution < 1.29 is 4.39 Å². The topological polar surface area (TPSA) is 24.9 Å². The van der Waals surface area contributed by atoms with Gasteiger partial charge in [0, 0.05) is 12.1 Å². The van der Waals surface area contributed by atoms with Crippen molar-refractivity contribution in [1.82, 2.24) is 10.3 Å². The predicted molar refractivity (Wildman–Crippen MR) is 67.2 cm³/mol. The number of rotatable bonds is 3. The molecule has 1 aromatic heterocycles. The average Bonchev–Trinajstić information content (AvgIpc) is 2.33. The van der Waals surface area contributed by atoms with E-state index in [4.69, 9.17) is 0 Å². The van der Waals surface area contributed by atoms with Crippen LogP contribution < -0.4 is 5.32 Å². The van der Waals surface area contributed by atoms with Crippen LogP contribution in [0.4, 0.5) is 4.39 Å². The minimum atomic E-state index is -0.271. The molecule has 3 heteroatoms. The van der Waals surface area contributed by atoms with E-state index >= 15 is 0 Å². The minimum absolute atomic E-state index is 0.203. The molecule has 1 atom stereocenters. The van der Waals surface area contributed by atoms with E-state index in [2.05, 4.69) is 24.1 Å². The SMILES string of the molecule is CC1CCC(NC(C)c2ccc(F)cn2)CC1. The van der Waals surface area contributed by atoms with Crippen LogP contribution in [0.25, 0.3) is 0 Å². The molecule has 2 nitrogen and oxygen atoms in total. The molecule has 1 unspecified atom stereocenters. The summed E-state index contributed by atoms with van der Waals surface area (Å²) in [5.41, 5.74) is 0.921. The zero-order valence-corrected chi connectivity index (χ0v) is 10.6. The standard InChI is InChI=1S/C14H21FN2/c1-10-3-6-13(7-4-10)17-11(2)14-8-5-12(15)9-16-14/h5,8-11,13,17H,3-4,6-7H2,1-2H3. The highest BCUT2D eigenvalue weighted by molar-refractivity contribution is 5.09. The number of halogens is 1. The molecule has 0 spiro atoms. The maximum Gasteiger partial charge on any atom is 0.141 e. The second-order valence-corrected chi connectivity index (χ2v) is 5.25. The highest BCUT2D eigenvalue weighted by atomic mass is 19.1. The van der Waals surface area contributed by atoms with Gasteiger partial charge in [0.05, 0.1) is 11.9 Å². The van der Waals surface area contributed by atoms with E-state index in [-0.39, 0.29) is 11.9 Å². The smallest absolute Gasteiger partial charge is 0.141 e. The molecule has 1 saturated carbocycles. The molecule has 0 saturated heterocycles. The second kappa shape index (κ2) is 5.58. The van der Waals surface area contributed by atoms with Crippen LogP contribution in [0.2, 0.25) is 0 Å². The molecular weight excluding hydrogens is 215 g/mol. The lowest BCUT2D eigenvalue weighted by molar-refractivity contribution is 0.290. The molecule has 1 heterocycles. The van der Waals surface area contributed by atoms with Gasteiger partial charge < -0.3 is 5.32 Å². The lowest BCUT2D eigenvalue weighted by atomic mass is 9.87.